The van der Waals surface area contributed by atoms with Crippen molar-refractivity contribution in [2.24, 2.45) is 7.05 Å². The van der Waals surface area contributed by atoms with Gasteiger partial charge in [-0.25, -0.2) is 4.79 Å². The topological polar surface area (TPSA) is 149 Å². The molecule has 2 aliphatic heterocycles. The van der Waals surface area contributed by atoms with E-state index in [2.05, 4.69) is 36.4 Å². The molecule has 3 amide bonds. The van der Waals surface area contributed by atoms with E-state index in [9.17, 15) is 9.59 Å². The molecule has 0 bridgehead atoms. The number of aryl methyl sites for hydroxylation is 2. The van der Waals surface area contributed by atoms with E-state index >= 15 is 0 Å². The Hall–Kier alpha value is -5.67. The lowest BCUT2D eigenvalue weighted by atomic mass is 10.0. The molecule has 4 heterocycles. The first-order chi connectivity index (χ1) is 24.7. The van der Waals surface area contributed by atoms with E-state index in [0.29, 0.717) is 49.0 Å². The number of thiocarbonyl (C=S) groups is 1. The number of para-hydroxylation sites is 2. The molecule has 1 saturated heterocycles. The number of benzene rings is 3. The van der Waals surface area contributed by atoms with Crippen LogP contribution in [0.2, 0.25) is 0 Å². The van der Waals surface area contributed by atoms with E-state index in [-0.39, 0.29) is 24.1 Å². The van der Waals surface area contributed by atoms with Crippen LogP contribution in [0.5, 0.6) is 0 Å². The number of aromatic nitrogens is 6. The van der Waals surface area contributed by atoms with Crippen molar-refractivity contribution in [3.63, 3.8) is 0 Å². The van der Waals surface area contributed by atoms with Crippen molar-refractivity contribution in [2.75, 3.05) is 30.9 Å². The molecule has 0 saturated carbocycles. The van der Waals surface area contributed by atoms with Gasteiger partial charge in [0.2, 0.25) is 5.82 Å². The molecule has 0 spiro atoms. The highest BCUT2D eigenvalue weighted by Crippen LogP contribution is 2.36. The molecule has 1 fully saturated rings. The molecule has 15 heteroatoms. The molecule has 2 atom stereocenters. The van der Waals surface area contributed by atoms with Crippen molar-refractivity contribution in [1.82, 2.24) is 45.5 Å². The van der Waals surface area contributed by atoms with Crippen LogP contribution in [0.3, 0.4) is 0 Å². The monoisotopic (exact) mass is 705 g/mol. The van der Waals surface area contributed by atoms with Crippen LogP contribution in [0.4, 0.5) is 22.0 Å². The van der Waals surface area contributed by atoms with Gasteiger partial charge >= 0.3 is 6.03 Å². The van der Waals surface area contributed by atoms with Crippen molar-refractivity contribution < 1.29 is 14.3 Å². The summed E-state index contributed by atoms with van der Waals surface area (Å²) in [5.74, 6) is 1.25. The van der Waals surface area contributed by atoms with Crippen LogP contribution in [-0.2, 0) is 31.5 Å². The van der Waals surface area contributed by atoms with E-state index in [4.69, 9.17) is 17.0 Å². The number of aromatic amines is 1. The van der Waals surface area contributed by atoms with Gasteiger partial charge in [-0.15, -0.1) is 10.2 Å². The second kappa shape index (κ2) is 14.3. The second-order valence-electron chi connectivity index (χ2n) is 13.0. The number of rotatable bonds is 8. The molecule has 51 heavy (non-hydrogen) atoms. The SMILES string of the molecule is Cc1cc(C(=O)N2Cc3cnn(C)c3Nc3ccccc32)ccc1CNC(=O)N1C[C@H](OCc2cccc(-c3nn[nH]n3)c2)C[C@H]1C(=S)N(C)C. The minimum atomic E-state index is -0.293. The largest absolute Gasteiger partial charge is 0.372 e. The summed E-state index contributed by atoms with van der Waals surface area (Å²) in [6, 6.07) is 20.6. The Morgan fingerprint density at radius 1 is 1.10 bits per heavy atom. The first-order valence-electron chi connectivity index (χ1n) is 16.6. The highest BCUT2D eigenvalue weighted by Gasteiger charge is 2.39. The van der Waals surface area contributed by atoms with E-state index in [1.165, 1.54) is 0 Å². The summed E-state index contributed by atoms with van der Waals surface area (Å²) in [6.07, 6.45) is 2.16. The Balaban J connectivity index is 1.01. The standard InChI is InChI=1S/C36H39N11O3S/c1-22-14-25(34(48)46-19-27-18-38-45(4)33(27)39-29-10-5-6-11-30(29)46)12-13-26(22)17-37-36(49)47-20-28(16-31(47)35(51)44(2)3)50-21-23-8-7-9-24(15-23)32-40-42-43-41-32/h5-15,18,28,31,39H,16-17,19-21H2,1-4H3,(H,37,49)(H,40,41,42,43)/t28-,31+/m1/s1. The number of nitrogens with zero attached hydrogens (tertiary/aromatic N) is 8. The smallest absolute Gasteiger partial charge is 0.318 e. The third kappa shape index (κ3) is 7.03. The van der Waals surface area contributed by atoms with E-state index < -0.39 is 0 Å². The zero-order chi connectivity index (χ0) is 35.6. The maximum Gasteiger partial charge on any atom is 0.318 e. The van der Waals surface area contributed by atoms with Crippen LogP contribution in [-0.4, -0.2) is 89.9 Å². The first-order valence-corrected chi connectivity index (χ1v) is 17.1. The van der Waals surface area contributed by atoms with Crippen LogP contribution >= 0.6 is 12.2 Å². The number of carbonyl (C=O) groups excluding carboxylic acids is 2. The summed E-state index contributed by atoms with van der Waals surface area (Å²) in [5, 5.41) is 25.1. The fourth-order valence-corrected chi connectivity index (χ4v) is 6.79. The average molecular weight is 706 g/mol. The maximum atomic E-state index is 14.0. The second-order valence-corrected chi connectivity index (χ2v) is 13.4. The summed E-state index contributed by atoms with van der Waals surface area (Å²) in [7, 11) is 5.65. The Bertz CT molecular complexity index is 2080. The minimum Gasteiger partial charge on any atom is -0.372 e. The number of amides is 3. The van der Waals surface area contributed by atoms with Gasteiger partial charge < -0.3 is 30.1 Å². The van der Waals surface area contributed by atoms with Gasteiger partial charge in [0, 0.05) is 57.3 Å². The van der Waals surface area contributed by atoms with Gasteiger partial charge in [-0.3, -0.25) is 9.48 Å². The highest BCUT2D eigenvalue weighted by molar-refractivity contribution is 7.80. The van der Waals surface area contributed by atoms with Crippen molar-refractivity contribution in [1.29, 1.82) is 0 Å². The van der Waals surface area contributed by atoms with Gasteiger partial charge in [-0.05, 0) is 59.2 Å². The molecule has 5 aromatic rings. The number of ether oxygens (including phenoxy) is 1. The Morgan fingerprint density at radius 3 is 2.73 bits per heavy atom. The lowest BCUT2D eigenvalue weighted by molar-refractivity contribution is 0.0486. The zero-order valence-corrected chi connectivity index (χ0v) is 29.6. The van der Waals surface area contributed by atoms with Gasteiger partial charge in [0.1, 0.15) is 10.8 Å². The average Bonchev–Trinajstić information content (AvgIpc) is 3.88. The number of anilines is 3. The van der Waals surface area contributed by atoms with Crippen molar-refractivity contribution in [3.05, 3.63) is 101 Å². The predicted molar refractivity (Wildman–Crippen MR) is 196 cm³/mol. The van der Waals surface area contributed by atoms with Crippen molar-refractivity contribution in [2.45, 2.75) is 45.2 Å². The molecule has 2 aliphatic rings. The molecule has 2 aromatic heterocycles. The Kier molecular flexibility index (Phi) is 9.47. The number of urea groups is 1. The highest BCUT2D eigenvalue weighted by atomic mass is 32.1. The number of likely N-dealkylation sites (tertiary alicyclic amines) is 1. The number of hydrogen-bond acceptors (Lipinski definition) is 9. The Morgan fingerprint density at radius 2 is 1.94 bits per heavy atom. The Labute approximate surface area is 300 Å². The predicted octanol–water partition coefficient (Wildman–Crippen LogP) is 4.57. The molecular weight excluding hydrogens is 667 g/mol. The maximum absolute atomic E-state index is 14.0. The molecular formula is C36H39N11O3S. The quantitative estimate of drug-likeness (QED) is 0.196. The van der Waals surface area contributed by atoms with E-state index in [1.807, 2.05) is 99.7 Å². The van der Waals surface area contributed by atoms with Crippen molar-refractivity contribution in [3.8, 4) is 11.4 Å². The summed E-state index contributed by atoms with van der Waals surface area (Å²) < 4.78 is 8.09. The first kappa shape index (κ1) is 33.8. The third-order valence-electron chi connectivity index (χ3n) is 9.32. The number of tetrazole rings is 1. The van der Waals surface area contributed by atoms with Crippen LogP contribution in [0, 0.1) is 6.92 Å². The summed E-state index contributed by atoms with van der Waals surface area (Å²) in [6.45, 7) is 3.38. The zero-order valence-electron chi connectivity index (χ0n) is 28.8. The fourth-order valence-electron chi connectivity index (χ4n) is 6.57. The number of fused-ring (bicyclic) bond motifs is 2. The number of likely N-dealkylation sites (N-methyl/N-ethyl adjacent to an activating group) is 1. The number of H-pyrrole nitrogens is 1. The summed E-state index contributed by atoms with van der Waals surface area (Å²) in [4.78, 5) is 33.7. The van der Waals surface area contributed by atoms with Gasteiger partial charge in [0.05, 0.1) is 42.9 Å². The van der Waals surface area contributed by atoms with Gasteiger partial charge in [-0.2, -0.15) is 10.3 Å². The summed E-state index contributed by atoms with van der Waals surface area (Å²) in [5.41, 5.74) is 6.72. The minimum absolute atomic E-state index is 0.121. The summed E-state index contributed by atoms with van der Waals surface area (Å²) >= 11 is 5.76. The number of hydrogen-bond donors (Lipinski definition) is 3. The van der Waals surface area contributed by atoms with Gasteiger partial charge in [0.15, 0.2) is 0 Å². The van der Waals surface area contributed by atoms with Crippen LogP contribution in [0.25, 0.3) is 11.4 Å². The molecule has 3 aromatic carbocycles. The number of carbonyl (C=O) groups is 2. The molecule has 14 nitrogen and oxygen atoms in total. The molecule has 0 radical (unpaired) electrons. The number of nitrogens with one attached hydrogen (secondary N) is 3. The van der Waals surface area contributed by atoms with Crippen LogP contribution in [0.15, 0.2) is 72.9 Å². The van der Waals surface area contributed by atoms with E-state index in [1.54, 1.807) is 20.7 Å². The molecule has 0 aliphatic carbocycles. The third-order valence-corrected chi connectivity index (χ3v) is 9.96. The molecule has 7 rings (SSSR count). The van der Waals surface area contributed by atoms with Crippen molar-refractivity contribution >= 4 is 46.3 Å². The van der Waals surface area contributed by atoms with E-state index in [0.717, 1.165) is 45.0 Å². The van der Waals surface area contributed by atoms with Crippen LogP contribution < -0.4 is 15.5 Å². The molecule has 0 unspecified atom stereocenters. The lowest BCUT2D eigenvalue weighted by Crippen LogP contribution is -2.48. The van der Waals surface area contributed by atoms with Gasteiger partial charge in [-0.1, -0.05) is 48.6 Å². The normalized spacial score (nSPS) is 16.5. The van der Waals surface area contributed by atoms with Gasteiger partial charge in [0.25, 0.3) is 5.91 Å². The lowest BCUT2D eigenvalue weighted by Gasteiger charge is -2.28. The molecule has 3 N–H and O–H groups in total. The van der Waals surface area contributed by atoms with Crippen LogP contribution in [0.1, 0.15) is 39.0 Å². The fraction of sp³-hybridized carbons (Fsp3) is 0.306. The molecule has 262 valence electrons.